The molecule has 0 radical (unpaired) electrons. The predicted molar refractivity (Wildman–Crippen MR) is 619 cm³/mol. The summed E-state index contributed by atoms with van der Waals surface area (Å²) >= 11 is 0. The molecule has 0 aliphatic rings. The lowest BCUT2D eigenvalue weighted by Crippen LogP contribution is -2.02. The lowest BCUT2D eigenvalue weighted by Gasteiger charge is -2.12. The van der Waals surface area contributed by atoms with E-state index in [0.717, 1.165) is 162 Å². The monoisotopic (exact) mass is 1920 g/mol. The number of fused-ring (bicyclic) bond motifs is 18. The second-order valence-electron chi connectivity index (χ2n) is 37.9. The first-order chi connectivity index (χ1) is 74.4. The highest BCUT2D eigenvalue weighted by Gasteiger charge is 2.26. The van der Waals surface area contributed by atoms with Gasteiger partial charge in [0.15, 0.2) is 11.6 Å². The molecular weight excluding hydrogens is 1830 g/mol. The van der Waals surface area contributed by atoms with Crippen molar-refractivity contribution in [2.75, 3.05) is 0 Å². The lowest BCUT2D eigenvalue weighted by atomic mass is 10.0. The molecule has 0 atom stereocenters. The van der Waals surface area contributed by atoms with Gasteiger partial charge in [-0.15, -0.1) is 0 Å². The molecule has 0 unspecified atom stereocenters. The molecule has 11 aromatic heterocycles. The van der Waals surface area contributed by atoms with Crippen LogP contribution in [0.15, 0.2) is 540 Å². The van der Waals surface area contributed by atoms with Gasteiger partial charge in [-0.25, -0.2) is 34.9 Å². The maximum atomic E-state index is 5.22. The van der Waals surface area contributed by atoms with E-state index >= 15 is 0 Å². The van der Waals surface area contributed by atoms with Gasteiger partial charge in [-0.3, -0.25) is 22.8 Å². The Labute approximate surface area is 863 Å². The van der Waals surface area contributed by atoms with E-state index in [1.54, 1.807) is 0 Å². The maximum Gasteiger partial charge on any atom is 0.162 e. The van der Waals surface area contributed by atoms with E-state index in [1.165, 1.54) is 92.9 Å². The minimum atomic E-state index is 0.693. The molecule has 13 nitrogen and oxygen atoms in total. The Morgan fingerprint density at radius 1 is 0.127 bits per heavy atom. The molecule has 0 saturated carbocycles. The van der Waals surface area contributed by atoms with Crippen LogP contribution in [0, 0.1) is 0 Å². The average Bonchev–Trinajstić information content (AvgIpc) is 1.57. The van der Waals surface area contributed by atoms with Crippen molar-refractivity contribution in [3.8, 4) is 135 Å². The second kappa shape index (κ2) is 37.1. The van der Waals surface area contributed by atoms with Crippen LogP contribution in [0.5, 0.6) is 0 Å². The molecule has 0 bridgehead atoms. The number of nitrogens with zero attached hydrogens (tertiary/aromatic N) is 13. The van der Waals surface area contributed by atoms with Crippen molar-refractivity contribution in [3.63, 3.8) is 0 Å². The summed E-state index contributed by atoms with van der Waals surface area (Å²) in [6, 6.07) is 184. The van der Waals surface area contributed by atoms with Crippen LogP contribution < -0.4 is 0 Å². The number of hydrogen-bond acceptors (Lipinski definition) is 7. The van der Waals surface area contributed by atoms with Gasteiger partial charge in [0, 0.05) is 140 Å². The predicted octanol–water partition coefficient (Wildman–Crippen LogP) is 34.4. The number of hydrogen-bond donors (Lipinski definition) is 0. The standard InChI is InChI=1S/C47H31N3.2C45H29N5/c1-3-11-32(12-4-1)34-20-24-38(25-21-34)50-45-27-23-36(30-43(45)42-18-10-28-48-47(42)50)37-22-26-41-40-17-7-8-19-44(40)49(46(41)31-37)39-16-9-15-35(29-39)33-13-5-2-6-14-33;2*1-4-13-30(14-5-1)39-29-43(48-44(47-39)31-15-6-2-7-16-31)50-40-21-11-10-19-35(40)36-24-22-33(28-42(36)50)32-23-25-41-38(27-32)37-20-12-26-46-45(37)49(41)34-17-8-3-9-18-34/h1-31H;2*1-29H. The van der Waals surface area contributed by atoms with E-state index in [0.29, 0.717) is 11.6 Å². The van der Waals surface area contributed by atoms with Crippen LogP contribution in [-0.2, 0) is 0 Å². The Morgan fingerprint density at radius 2 is 0.380 bits per heavy atom. The van der Waals surface area contributed by atoms with Crippen LogP contribution in [0.4, 0.5) is 0 Å². The number of pyridine rings is 3. The fourth-order valence-corrected chi connectivity index (χ4v) is 22.2. The summed E-state index contributed by atoms with van der Waals surface area (Å²) in [7, 11) is 0. The van der Waals surface area contributed by atoms with Gasteiger partial charge in [-0.1, -0.05) is 352 Å². The molecule has 30 aromatic rings. The van der Waals surface area contributed by atoms with Crippen molar-refractivity contribution in [1.29, 1.82) is 0 Å². The summed E-state index contributed by atoms with van der Waals surface area (Å²) in [4.78, 5) is 35.1. The van der Waals surface area contributed by atoms with Crippen LogP contribution in [0.1, 0.15) is 0 Å². The summed E-state index contributed by atoms with van der Waals surface area (Å²) in [6.45, 7) is 0. The molecule has 0 amide bonds. The molecule has 13 heteroatoms. The highest BCUT2D eigenvalue weighted by Crippen LogP contribution is 2.46. The van der Waals surface area contributed by atoms with Gasteiger partial charge in [-0.2, -0.15) is 0 Å². The van der Waals surface area contributed by atoms with Crippen molar-refractivity contribution in [1.82, 2.24) is 62.3 Å². The first-order valence-corrected chi connectivity index (χ1v) is 50.6. The number of benzene rings is 19. The van der Waals surface area contributed by atoms with Crippen molar-refractivity contribution in [2.45, 2.75) is 0 Å². The third-order valence-electron chi connectivity index (χ3n) is 29.2. The quantitative estimate of drug-likeness (QED) is 0.100. The van der Waals surface area contributed by atoms with E-state index in [-0.39, 0.29) is 0 Å². The van der Waals surface area contributed by atoms with Gasteiger partial charge in [0.25, 0.3) is 0 Å². The smallest absolute Gasteiger partial charge is 0.162 e. The highest BCUT2D eigenvalue weighted by molar-refractivity contribution is 6.16. The SMILES string of the molecule is c1ccc(-c2cc(-n3c4ccccc4c4ccc(-c5ccc6c(c5)c5cccnc5n6-c5ccccc5)cc43)nc(-c3ccccc3)n2)cc1.c1ccc(-c2cc(-n3c4ccccc4c4ccc(-c5ccc6c(c5)c5cccnc5n6-c5ccccc5)cc43)nc(-c3ccccc3)n2)cc1.c1ccc(-c2ccc(-n3c4ccc(-c5ccc6c7ccccc7n(-c7cccc(-c8ccccc8)c7)c6c5)cc4c4cccnc43)cc2)cc1. The van der Waals surface area contributed by atoms with Gasteiger partial charge in [0.1, 0.15) is 28.6 Å². The molecule has 19 aromatic carbocycles. The van der Waals surface area contributed by atoms with E-state index < -0.39 is 0 Å². The van der Waals surface area contributed by atoms with Gasteiger partial charge in [0.2, 0.25) is 0 Å². The third kappa shape index (κ3) is 15.5. The minimum absolute atomic E-state index is 0.693. The summed E-state index contributed by atoms with van der Waals surface area (Å²) in [5.41, 5.74) is 35.0. The van der Waals surface area contributed by atoms with Crippen molar-refractivity contribution >= 4 is 131 Å². The highest BCUT2D eigenvalue weighted by atomic mass is 15.1. The molecular formula is C137H89N13. The van der Waals surface area contributed by atoms with Crippen molar-refractivity contribution in [2.24, 2.45) is 0 Å². The molecule has 0 aliphatic carbocycles. The van der Waals surface area contributed by atoms with Crippen molar-refractivity contribution in [3.05, 3.63) is 540 Å². The van der Waals surface area contributed by atoms with E-state index in [1.807, 2.05) is 97.5 Å². The van der Waals surface area contributed by atoms with Crippen LogP contribution >= 0.6 is 0 Å². The first-order valence-electron chi connectivity index (χ1n) is 50.6. The summed E-state index contributed by atoms with van der Waals surface area (Å²) in [6.07, 6.45) is 5.62. The topological polar surface area (TPSA) is 120 Å². The molecule has 702 valence electrons. The third-order valence-corrected chi connectivity index (χ3v) is 29.2. The Bertz CT molecular complexity index is 9930. The summed E-state index contributed by atoms with van der Waals surface area (Å²) in [5.74, 6) is 3.04. The number of para-hydroxylation sites is 5. The zero-order chi connectivity index (χ0) is 99.1. The molecule has 0 fully saturated rings. The van der Waals surface area contributed by atoms with Gasteiger partial charge < -0.3 is 4.57 Å². The van der Waals surface area contributed by atoms with Gasteiger partial charge in [-0.05, 0) is 213 Å². The number of rotatable bonds is 15. The molecule has 11 heterocycles. The molecule has 0 saturated heterocycles. The fourth-order valence-electron chi connectivity index (χ4n) is 22.2. The Morgan fingerprint density at radius 3 is 0.760 bits per heavy atom. The van der Waals surface area contributed by atoms with Gasteiger partial charge >= 0.3 is 0 Å². The Hall–Kier alpha value is -20.4. The molecule has 30 rings (SSSR count). The maximum absolute atomic E-state index is 5.22. The van der Waals surface area contributed by atoms with E-state index in [2.05, 4.69) is 470 Å². The normalized spacial score (nSPS) is 11.6. The average molecular weight is 1920 g/mol. The summed E-state index contributed by atoms with van der Waals surface area (Å²) < 4.78 is 13.8. The minimum Gasteiger partial charge on any atom is -0.309 e. The lowest BCUT2D eigenvalue weighted by molar-refractivity contribution is 1.05. The largest absolute Gasteiger partial charge is 0.309 e. The Balaban J connectivity index is 0.000000108. The van der Waals surface area contributed by atoms with Crippen LogP contribution in [0.25, 0.3) is 267 Å². The molecule has 150 heavy (non-hydrogen) atoms. The van der Waals surface area contributed by atoms with Crippen LogP contribution in [0.2, 0.25) is 0 Å². The van der Waals surface area contributed by atoms with Crippen LogP contribution in [-0.4, -0.2) is 62.3 Å². The van der Waals surface area contributed by atoms with Crippen LogP contribution in [0.3, 0.4) is 0 Å². The van der Waals surface area contributed by atoms with E-state index in [9.17, 15) is 0 Å². The fraction of sp³-hybridized carbons (Fsp3) is 0. The van der Waals surface area contributed by atoms with Gasteiger partial charge in [0.05, 0.1) is 61.0 Å². The molecule has 0 spiro atoms. The summed E-state index contributed by atoms with van der Waals surface area (Å²) in [5, 5.41) is 14.2. The second-order valence-corrected chi connectivity index (χ2v) is 37.9. The molecule has 0 aliphatic heterocycles. The number of aromatic nitrogens is 13. The zero-order valence-corrected chi connectivity index (χ0v) is 81.2. The first kappa shape index (κ1) is 87.4. The van der Waals surface area contributed by atoms with E-state index in [4.69, 9.17) is 34.9 Å². The Kier molecular flexibility index (Phi) is 21.6. The molecule has 0 N–H and O–H groups in total. The zero-order valence-electron chi connectivity index (χ0n) is 81.2. The van der Waals surface area contributed by atoms with Crippen molar-refractivity contribution < 1.29 is 0 Å².